The molecule has 0 radical (unpaired) electrons. The molecular weight excluding hydrogens is 913 g/mol. The van der Waals surface area contributed by atoms with Crippen LogP contribution < -0.4 is 36.3 Å². The topological polar surface area (TPSA) is 214 Å². The summed E-state index contributed by atoms with van der Waals surface area (Å²) in [5, 5.41) is 25.0. The van der Waals surface area contributed by atoms with Crippen LogP contribution in [-0.2, 0) is 20.9 Å². The number of nitriles is 1. The molecule has 3 saturated heterocycles. The van der Waals surface area contributed by atoms with Gasteiger partial charge in [-0.25, -0.2) is 19.3 Å². The van der Waals surface area contributed by atoms with Gasteiger partial charge in [-0.15, -0.1) is 0 Å². The highest BCUT2D eigenvalue weighted by molar-refractivity contribution is 5.99. The number of likely N-dealkylation sites (tertiary alicyclic amines) is 1. The largest absolute Gasteiger partial charge is 0.490 e. The lowest BCUT2D eigenvalue weighted by Gasteiger charge is -2.37. The van der Waals surface area contributed by atoms with E-state index in [2.05, 4.69) is 51.6 Å². The first-order valence-electron chi connectivity index (χ1n) is 24.2. The standard InChI is InChI=1S/C54H52N12O6/c1-35-46-28-43(12-13-45(46)54(71)66(60-35)48-15-16-49(67)59-53(48)70)64-24-22-63(23-25-64)42-10-8-41(9-11-42)58-50(68)33-62-20-18-36(19-21-62)34-72-44-30-56-52(57-31-44)40-7-3-5-38(27-40)32-65-51(69)17-14-47(61-65)39-6-2-4-37(26-39)29-55/h2-14,17,26-28,30-31,36,48H,15-16,18-25,32-34H2,1H3,(H,58,68)(H,59,67,70). The average molecular weight is 965 g/mol. The number of anilines is 3. The second kappa shape index (κ2) is 20.8. The van der Waals surface area contributed by atoms with Gasteiger partial charge in [0.25, 0.3) is 17.0 Å². The van der Waals surface area contributed by atoms with E-state index in [1.165, 1.54) is 15.4 Å². The van der Waals surface area contributed by atoms with E-state index in [9.17, 15) is 29.2 Å². The molecule has 18 nitrogen and oxygen atoms in total. The van der Waals surface area contributed by atoms with Crippen LogP contribution in [0, 0.1) is 24.2 Å². The number of fused-ring (bicyclic) bond motifs is 1. The maximum absolute atomic E-state index is 13.4. The van der Waals surface area contributed by atoms with E-state index in [0.717, 1.165) is 91.2 Å². The molecule has 364 valence electrons. The van der Waals surface area contributed by atoms with Crippen LogP contribution in [-0.4, -0.2) is 105 Å². The molecule has 7 aromatic rings. The average Bonchev–Trinajstić information content (AvgIpc) is 3.40. The fourth-order valence-electron chi connectivity index (χ4n) is 9.62. The van der Waals surface area contributed by atoms with Crippen LogP contribution in [0.15, 0.2) is 125 Å². The van der Waals surface area contributed by atoms with Crippen LogP contribution in [0.4, 0.5) is 17.1 Å². The zero-order chi connectivity index (χ0) is 49.7. The number of rotatable bonds is 13. The highest BCUT2D eigenvalue weighted by atomic mass is 16.5. The minimum atomic E-state index is -0.811. The zero-order valence-electron chi connectivity index (χ0n) is 39.7. The van der Waals surface area contributed by atoms with Crippen molar-refractivity contribution in [3.05, 3.63) is 153 Å². The van der Waals surface area contributed by atoms with Crippen LogP contribution in [0.5, 0.6) is 5.75 Å². The normalized spacial score (nSPS) is 16.6. The number of piperidine rings is 2. The number of hydrogen-bond acceptors (Lipinski definition) is 14. The Morgan fingerprint density at radius 3 is 2.25 bits per heavy atom. The van der Waals surface area contributed by atoms with E-state index in [4.69, 9.17) is 4.74 Å². The number of ether oxygens (including phenoxy) is 1. The summed E-state index contributed by atoms with van der Waals surface area (Å²) in [6.07, 6.45) is 5.56. The molecule has 1 atom stereocenters. The minimum absolute atomic E-state index is 0.0525. The lowest BCUT2D eigenvalue weighted by Crippen LogP contribution is -2.46. The Morgan fingerprint density at radius 2 is 1.50 bits per heavy atom. The van der Waals surface area contributed by atoms with Gasteiger partial charge in [-0.1, -0.05) is 30.3 Å². The van der Waals surface area contributed by atoms with E-state index in [-0.39, 0.29) is 42.3 Å². The number of imide groups is 1. The highest BCUT2D eigenvalue weighted by Gasteiger charge is 2.31. The molecule has 72 heavy (non-hydrogen) atoms. The first-order chi connectivity index (χ1) is 35.0. The third-order valence-electron chi connectivity index (χ3n) is 13.6. The van der Waals surface area contributed by atoms with Gasteiger partial charge in [-0.3, -0.25) is 34.2 Å². The van der Waals surface area contributed by atoms with Crippen molar-refractivity contribution >= 4 is 45.6 Å². The Hall–Kier alpha value is -8.56. The number of nitrogens with zero attached hydrogens (tertiary/aromatic N) is 10. The van der Waals surface area contributed by atoms with Crippen molar-refractivity contribution in [2.24, 2.45) is 5.92 Å². The Labute approximate surface area is 414 Å². The van der Waals surface area contributed by atoms with E-state index in [1.807, 2.05) is 73.7 Å². The molecular formula is C54H52N12O6. The number of aromatic nitrogens is 6. The van der Waals surface area contributed by atoms with Crippen LogP contribution in [0.25, 0.3) is 33.4 Å². The molecule has 10 rings (SSSR count). The first kappa shape index (κ1) is 47.1. The van der Waals surface area contributed by atoms with Gasteiger partial charge in [-0.2, -0.15) is 15.5 Å². The maximum Gasteiger partial charge on any atom is 0.275 e. The van der Waals surface area contributed by atoms with Crippen LogP contribution in [0.1, 0.15) is 48.5 Å². The number of aryl methyl sites for hydroxylation is 1. The molecule has 0 spiro atoms. The predicted molar refractivity (Wildman–Crippen MR) is 272 cm³/mol. The van der Waals surface area contributed by atoms with E-state index >= 15 is 0 Å². The van der Waals surface area contributed by atoms with Crippen molar-refractivity contribution in [1.29, 1.82) is 5.26 Å². The van der Waals surface area contributed by atoms with Crippen molar-refractivity contribution in [2.75, 3.05) is 67.5 Å². The molecule has 3 aromatic heterocycles. The Balaban J connectivity index is 0.651. The Bertz CT molecular complexity index is 3330. The second-order valence-corrected chi connectivity index (χ2v) is 18.5. The van der Waals surface area contributed by atoms with Gasteiger partial charge in [-0.05, 0) is 117 Å². The number of amides is 3. The van der Waals surface area contributed by atoms with Crippen molar-refractivity contribution < 1.29 is 19.1 Å². The maximum atomic E-state index is 13.4. The summed E-state index contributed by atoms with van der Waals surface area (Å²) in [7, 11) is 0. The molecule has 6 heterocycles. The van der Waals surface area contributed by atoms with Gasteiger partial charge >= 0.3 is 0 Å². The van der Waals surface area contributed by atoms with Crippen molar-refractivity contribution in [1.82, 2.24) is 39.7 Å². The third kappa shape index (κ3) is 10.6. The lowest BCUT2D eigenvalue weighted by atomic mass is 9.98. The lowest BCUT2D eigenvalue weighted by molar-refractivity contribution is -0.136. The summed E-state index contributed by atoms with van der Waals surface area (Å²) >= 11 is 0. The van der Waals surface area contributed by atoms with Gasteiger partial charge in [0.15, 0.2) is 11.6 Å². The predicted octanol–water partition coefficient (Wildman–Crippen LogP) is 5.34. The molecule has 3 amide bonds. The van der Waals surface area contributed by atoms with Gasteiger partial charge in [0.2, 0.25) is 11.8 Å². The van der Waals surface area contributed by atoms with Gasteiger partial charge in [0.05, 0.1) is 60.5 Å². The van der Waals surface area contributed by atoms with Crippen LogP contribution in [0.3, 0.4) is 0 Å². The van der Waals surface area contributed by atoms with E-state index < -0.39 is 11.9 Å². The molecule has 0 saturated carbocycles. The molecule has 0 bridgehead atoms. The number of nitrogens with one attached hydrogen (secondary N) is 2. The summed E-state index contributed by atoms with van der Waals surface area (Å²) in [6.45, 7) is 7.63. The molecule has 4 aromatic carbocycles. The first-order valence-corrected chi connectivity index (χ1v) is 24.2. The van der Waals surface area contributed by atoms with Gasteiger partial charge < -0.3 is 19.9 Å². The number of carbonyl (C=O) groups is 3. The summed E-state index contributed by atoms with van der Waals surface area (Å²) in [4.78, 5) is 79.3. The molecule has 3 fully saturated rings. The molecule has 3 aliphatic heterocycles. The van der Waals surface area contributed by atoms with E-state index in [1.54, 1.807) is 42.7 Å². The summed E-state index contributed by atoms with van der Waals surface area (Å²) < 4.78 is 8.74. The van der Waals surface area contributed by atoms with Crippen LogP contribution >= 0.6 is 0 Å². The van der Waals surface area contributed by atoms with Crippen molar-refractivity contribution in [2.45, 2.75) is 45.2 Å². The quantitative estimate of drug-likeness (QED) is 0.140. The number of piperazine rings is 1. The number of carbonyl (C=O) groups excluding carboxylic acids is 3. The molecule has 0 aliphatic carbocycles. The van der Waals surface area contributed by atoms with Gasteiger partial charge in [0, 0.05) is 72.2 Å². The second-order valence-electron chi connectivity index (χ2n) is 18.5. The zero-order valence-corrected chi connectivity index (χ0v) is 39.7. The number of hydrogen-bond donors (Lipinski definition) is 2. The number of benzene rings is 4. The van der Waals surface area contributed by atoms with Crippen molar-refractivity contribution in [3.63, 3.8) is 0 Å². The molecule has 1 unspecified atom stereocenters. The Kier molecular flexibility index (Phi) is 13.6. The molecule has 18 heteroatoms. The molecule has 3 aliphatic rings. The summed E-state index contributed by atoms with van der Waals surface area (Å²) in [6, 6.07) is 33.0. The minimum Gasteiger partial charge on any atom is -0.490 e. The fourth-order valence-corrected chi connectivity index (χ4v) is 9.62. The summed E-state index contributed by atoms with van der Waals surface area (Å²) in [5.41, 5.74) is 6.41. The van der Waals surface area contributed by atoms with Gasteiger partial charge in [0.1, 0.15) is 6.04 Å². The monoisotopic (exact) mass is 964 g/mol. The SMILES string of the molecule is Cc1nn(C2CCC(=O)NC2=O)c(=O)c2ccc(N3CCN(c4ccc(NC(=O)CN5CCC(COc6cnc(-c7cccc(Cn8nc(-c9cccc(C#N)c9)ccc8=O)c7)nc6)CC5)cc4)CC3)cc12. The smallest absolute Gasteiger partial charge is 0.275 e. The third-order valence-corrected chi connectivity index (χ3v) is 13.6. The van der Waals surface area contributed by atoms with Crippen molar-refractivity contribution in [3.8, 4) is 34.5 Å². The van der Waals surface area contributed by atoms with E-state index in [0.29, 0.717) is 53.0 Å². The fraction of sp³-hybridized carbons (Fsp3) is 0.296. The summed E-state index contributed by atoms with van der Waals surface area (Å²) in [5.74, 6) is 0.555. The van der Waals surface area contributed by atoms with Crippen LogP contribution in [0.2, 0.25) is 0 Å². The highest BCUT2D eigenvalue weighted by Crippen LogP contribution is 2.28. The Morgan fingerprint density at radius 1 is 0.778 bits per heavy atom. The molecule has 2 N–H and O–H groups in total.